The van der Waals surface area contributed by atoms with Gasteiger partial charge in [-0.2, -0.15) is 0 Å². The molecule has 0 amide bonds. The molecule has 0 aromatic heterocycles. The molecule has 0 aromatic carbocycles. The summed E-state index contributed by atoms with van der Waals surface area (Å²) in [6.07, 6.45) is 1.39. The van der Waals surface area contributed by atoms with E-state index in [1.54, 1.807) is 0 Å². The minimum absolute atomic E-state index is 0.747. The first kappa shape index (κ1) is 6.62. The molecule has 2 saturated heterocycles. The Bertz CT molecular complexity index is 133. The van der Waals surface area contributed by atoms with E-state index in [1.807, 2.05) is 0 Å². The van der Waals surface area contributed by atoms with Gasteiger partial charge in [0.05, 0.1) is 0 Å². The van der Waals surface area contributed by atoms with Gasteiger partial charge in [-0.25, -0.2) is 0 Å². The normalized spacial score (nSPS) is 39.9. The maximum Gasteiger partial charge on any atom is 0.0239 e. The summed E-state index contributed by atoms with van der Waals surface area (Å²) in [6, 6.07) is 2.41. The molecule has 0 unspecified atom stereocenters. The van der Waals surface area contributed by atoms with E-state index in [1.165, 1.54) is 19.5 Å². The predicted molar refractivity (Wildman–Crippen MR) is 42.0 cm³/mol. The Morgan fingerprint density at radius 1 is 1.50 bits per heavy atom. The third-order valence-electron chi connectivity index (χ3n) is 2.76. The van der Waals surface area contributed by atoms with Crippen LogP contribution >= 0.6 is 0 Å². The number of likely N-dealkylation sites (tertiary alicyclic amines) is 1. The lowest BCUT2D eigenvalue weighted by atomic mass is 10.2. The van der Waals surface area contributed by atoms with Gasteiger partial charge < -0.3 is 5.32 Å². The van der Waals surface area contributed by atoms with Crippen LogP contribution < -0.4 is 5.32 Å². The van der Waals surface area contributed by atoms with Crippen LogP contribution in [0.25, 0.3) is 0 Å². The third-order valence-corrected chi connectivity index (χ3v) is 2.76. The molecule has 2 fully saturated rings. The Labute approximate surface area is 62.6 Å². The molecule has 2 bridgehead atoms. The van der Waals surface area contributed by atoms with E-state index in [-0.39, 0.29) is 0 Å². The lowest BCUT2D eigenvalue weighted by Gasteiger charge is -2.30. The van der Waals surface area contributed by atoms with E-state index in [0.717, 1.165) is 18.1 Å². The van der Waals surface area contributed by atoms with Crippen LogP contribution in [-0.4, -0.2) is 36.1 Å². The van der Waals surface area contributed by atoms with Crippen LogP contribution in [0.15, 0.2) is 0 Å². The molecule has 0 saturated carbocycles. The summed E-state index contributed by atoms with van der Waals surface area (Å²) in [5.74, 6) is 0. The quantitative estimate of drug-likeness (QED) is 0.568. The maximum absolute atomic E-state index is 3.50. The Hall–Kier alpha value is -0.0800. The Morgan fingerprint density at radius 3 is 2.60 bits per heavy atom. The number of rotatable bonds is 1. The minimum atomic E-state index is 0.747. The van der Waals surface area contributed by atoms with Crippen LogP contribution in [0.3, 0.4) is 0 Å². The second-order valence-corrected chi connectivity index (χ2v) is 3.79. The van der Waals surface area contributed by atoms with E-state index in [4.69, 9.17) is 0 Å². The fourth-order valence-electron chi connectivity index (χ4n) is 2.23. The van der Waals surface area contributed by atoms with Crippen molar-refractivity contribution in [3.63, 3.8) is 0 Å². The third kappa shape index (κ3) is 0.867. The van der Waals surface area contributed by atoms with Gasteiger partial charge >= 0.3 is 0 Å². The Morgan fingerprint density at radius 2 is 2.30 bits per heavy atom. The molecule has 0 aromatic rings. The van der Waals surface area contributed by atoms with Gasteiger partial charge in [0.15, 0.2) is 0 Å². The van der Waals surface area contributed by atoms with E-state index >= 15 is 0 Å². The van der Waals surface area contributed by atoms with Crippen LogP contribution in [0, 0.1) is 0 Å². The molecule has 2 atom stereocenters. The van der Waals surface area contributed by atoms with Gasteiger partial charge in [0.2, 0.25) is 0 Å². The lowest BCUT2D eigenvalue weighted by Crippen LogP contribution is -2.46. The minimum Gasteiger partial charge on any atom is -0.311 e. The zero-order valence-electron chi connectivity index (χ0n) is 6.80. The highest BCUT2D eigenvalue weighted by Gasteiger charge is 2.38. The largest absolute Gasteiger partial charge is 0.311 e. The summed E-state index contributed by atoms with van der Waals surface area (Å²) in [4.78, 5) is 2.61. The summed E-state index contributed by atoms with van der Waals surface area (Å²) in [5.41, 5.74) is 0. The van der Waals surface area contributed by atoms with E-state index < -0.39 is 0 Å². The zero-order chi connectivity index (χ0) is 7.14. The van der Waals surface area contributed by atoms with Crippen molar-refractivity contribution in [2.75, 3.05) is 13.1 Å². The monoisotopic (exact) mass is 140 g/mol. The van der Waals surface area contributed by atoms with Crippen molar-refractivity contribution in [1.29, 1.82) is 0 Å². The Kier molecular flexibility index (Phi) is 1.46. The van der Waals surface area contributed by atoms with Crippen molar-refractivity contribution in [2.45, 2.75) is 38.4 Å². The van der Waals surface area contributed by atoms with E-state index in [9.17, 15) is 0 Å². The number of nitrogens with zero attached hydrogens (tertiary/aromatic N) is 1. The summed E-state index contributed by atoms with van der Waals surface area (Å²) in [7, 11) is 0. The van der Waals surface area contributed by atoms with Crippen LogP contribution in [0.4, 0.5) is 0 Å². The van der Waals surface area contributed by atoms with Gasteiger partial charge in [0.1, 0.15) is 0 Å². The van der Waals surface area contributed by atoms with Gasteiger partial charge in [-0.15, -0.1) is 0 Å². The average Bonchev–Trinajstić information content (AvgIpc) is 2.44. The number of fused-ring (bicyclic) bond motifs is 2. The second-order valence-electron chi connectivity index (χ2n) is 3.79. The molecule has 0 aliphatic carbocycles. The standard InChI is InChI=1S/C8H16N2/c1-6(2)10-5-7-3-8(10)4-9-7/h6-9H,3-5H2,1-2H3/t7-,8+/m0/s1. The molecule has 0 spiro atoms. The van der Waals surface area contributed by atoms with Crippen molar-refractivity contribution in [2.24, 2.45) is 0 Å². The SMILES string of the molecule is CC(C)N1C[C@@H]2C[C@@H]1CN2. The molecule has 2 heteroatoms. The fraction of sp³-hybridized carbons (Fsp3) is 1.00. The van der Waals surface area contributed by atoms with Crippen molar-refractivity contribution in [3.05, 3.63) is 0 Å². The number of piperazine rings is 1. The molecule has 2 aliphatic rings. The molecular formula is C8H16N2. The maximum atomic E-state index is 3.50. The van der Waals surface area contributed by atoms with Crippen molar-refractivity contribution in [3.8, 4) is 0 Å². The summed E-state index contributed by atoms with van der Waals surface area (Å²) in [5, 5.41) is 3.50. The number of hydrogen-bond acceptors (Lipinski definition) is 2. The van der Waals surface area contributed by atoms with E-state index in [0.29, 0.717) is 0 Å². The molecule has 0 radical (unpaired) electrons. The van der Waals surface area contributed by atoms with Gasteiger partial charge in [-0.3, -0.25) is 4.90 Å². The molecule has 2 aliphatic heterocycles. The summed E-state index contributed by atoms with van der Waals surface area (Å²) >= 11 is 0. The predicted octanol–water partition coefficient (Wildman–Crippen LogP) is 0.441. The first-order valence-electron chi connectivity index (χ1n) is 4.26. The molecule has 58 valence electrons. The summed E-state index contributed by atoms with van der Waals surface area (Å²) < 4.78 is 0. The fourth-order valence-corrected chi connectivity index (χ4v) is 2.23. The number of hydrogen-bond donors (Lipinski definition) is 1. The van der Waals surface area contributed by atoms with Crippen LogP contribution in [0.1, 0.15) is 20.3 Å². The van der Waals surface area contributed by atoms with Crippen LogP contribution in [-0.2, 0) is 0 Å². The highest BCUT2D eigenvalue weighted by molar-refractivity contribution is 4.98. The van der Waals surface area contributed by atoms with E-state index in [2.05, 4.69) is 24.1 Å². The van der Waals surface area contributed by atoms with Crippen LogP contribution in [0.2, 0.25) is 0 Å². The lowest BCUT2D eigenvalue weighted by molar-refractivity contribution is 0.181. The smallest absolute Gasteiger partial charge is 0.0239 e. The van der Waals surface area contributed by atoms with Gasteiger partial charge in [-0.05, 0) is 20.3 Å². The van der Waals surface area contributed by atoms with Crippen molar-refractivity contribution < 1.29 is 0 Å². The molecule has 2 rings (SSSR count). The highest BCUT2D eigenvalue weighted by atomic mass is 15.3. The highest BCUT2D eigenvalue weighted by Crippen LogP contribution is 2.24. The molecule has 2 nitrogen and oxygen atoms in total. The Balaban J connectivity index is 2.02. The van der Waals surface area contributed by atoms with Crippen molar-refractivity contribution in [1.82, 2.24) is 10.2 Å². The average molecular weight is 140 g/mol. The molecule has 10 heavy (non-hydrogen) atoms. The van der Waals surface area contributed by atoms with Gasteiger partial charge in [-0.1, -0.05) is 0 Å². The van der Waals surface area contributed by atoms with Crippen molar-refractivity contribution >= 4 is 0 Å². The number of nitrogens with one attached hydrogen (secondary N) is 1. The summed E-state index contributed by atoms with van der Waals surface area (Å²) in [6.45, 7) is 7.09. The topological polar surface area (TPSA) is 15.3 Å². The second kappa shape index (κ2) is 2.21. The molecular weight excluding hydrogens is 124 g/mol. The van der Waals surface area contributed by atoms with Gasteiger partial charge in [0.25, 0.3) is 0 Å². The van der Waals surface area contributed by atoms with Gasteiger partial charge in [0, 0.05) is 31.2 Å². The zero-order valence-corrected chi connectivity index (χ0v) is 6.80. The molecule has 1 N–H and O–H groups in total. The first-order valence-corrected chi connectivity index (χ1v) is 4.26. The molecule has 2 heterocycles. The van der Waals surface area contributed by atoms with Crippen LogP contribution in [0.5, 0.6) is 0 Å². The first-order chi connectivity index (χ1) is 4.77.